The molecule has 2 rings (SSSR count). The van der Waals surface area contributed by atoms with Crippen molar-refractivity contribution >= 4 is 47.8 Å². The molecule has 0 atom stereocenters. The van der Waals surface area contributed by atoms with Crippen LogP contribution in [0.3, 0.4) is 0 Å². The van der Waals surface area contributed by atoms with E-state index in [0.29, 0.717) is 15.9 Å². The summed E-state index contributed by atoms with van der Waals surface area (Å²) in [6, 6.07) is 5.04. The van der Waals surface area contributed by atoms with Crippen molar-refractivity contribution in [2.45, 2.75) is 0 Å². The lowest BCUT2D eigenvalue weighted by molar-refractivity contribution is 0.228. The Kier molecular flexibility index (Phi) is 2.97. The first-order valence-corrected chi connectivity index (χ1v) is 5.53. The molecule has 0 saturated carbocycles. The molecule has 0 aliphatic rings. The van der Waals surface area contributed by atoms with Gasteiger partial charge >= 0.3 is 4.88 Å². The lowest BCUT2D eigenvalue weighted by Gasteiger charge is -2.01. The van der Waals surface area contributed by atoms with Gasteiger partial charge < -0.3 is 4.74 Å². The van der Waals surface area contributed by atoms with Gasteiger partial charge in [0.1, 0.15) is 10.4 Å². The molecule has 0 aliphatic heterocycles. The Morgan fingerprint density at radius 2 is 2.13 bits per heavy atom. The third kappa shape index (κ3) is 2.51. The van der Waals surface area contributed by atoms with Gasteiger partial charge in [0.25, 0.3) is 0 Å². The van der Waals surface area contributed by atoms with Gasteiger partial charge in [-0.1, -0.05) is 0 Å². The highest BCUT2D eigenvalue weighted by Crippen LogP contribution is 2.20. The Morgan fingerprint density at radius 3 is 2.87 bits per heavy atom. The van der Waals surface area contributed by atoms with Gasteiger partial charge in [-0.25, -0.2) is 9.78 Å². The summed E-state index contributed by atoms with van der Waals surface area (Å²) < 4.78 is 5.52. The molecular formula is C9H4Br2N2O2. The largest absolute Gasteiger partial charge is 0.418 e. The first kappa shape index (κ1) is 10.5. The van der Waals surface area contributed by atoms with Gasteiger partial charge in [0.05, 0.1) is 17.2 Å². The van der Waals surface area contributed by atoms with Crippen molar-refractivity contribution in [2.24, 2.45) is 0 Å². The quantitative estimate of drug-likeness (QED) is 0.752. The highest BCUT2D eigenvalue weighted by molar-refractivity contribution is 9.18. The minimum Gasteiger partial charge on any atom is -0.418 e. The third-order valence-corrected chi connectivity index (χ3v) is 2.23. The molecule has 76 valence electrons. The molecule has 0 fully saturated rings. The fourth-order valence-corrected chi connectivity index (χ4v) is 1.60. The van der Waals surface area contributed by atoms with Gasteiger partial charge in [0, 0.05) is 22.0 Å². The first-order chi connectivity index (χ1) is 7.15. The van der Waals surface area contributed by atoms with Crippen molar-refractivity contribution in [3.63, 3.8) is 0 Å². The Hall–Kier alpha value is -1.01. The highest BCUT2D eigenvalue weighted by Gasteiger charge is 2.03. The maximum Gasteiger partial charge on any atom is 0.379 e. The summed E-state index contributed by atoms with van der Waals surface area (Å²) in [6.45, 7) is 0. The number of hydrogen-bond acceptors (Lipinski definition) is 4. The zero-order chi connectivity index (χ0) is 10.8. The van der Waals surface area contributed by atoms with E-state index in [2.05, 4.69) is 41.8 Å². The molecule has 0 spiro atoms. The SMILES string of the molecule is O=C(Br)Oc1ccc2nc(Br)cnc2c1. The Balaban J connectivity index is 2.47. The van der Waals surface area contributed by atoms with Crippen LogP contribution in [0.5, 0.6) is 5.75 Å². The lowest BCUT2D eigenvalue weighted by atomic mass is 10.3. The second-order valence-electron chi connectivity index (χ2n) is 2.68. The van der Waals surface area contributed by atoms with Crippen LogP contribution >= 0.6 is 31.9 Å². The van der Waals surface area contributed by atoms with Gasteiger partial charge in [-0.05, 0) is 28.1 Å². The molecule has 0 unspecified atom stereocenters. The number of rotatable bonds is 1. The second kappa shape index (κ2) is 4.24. The van der Waals surface area contributed by atoms with Crippen LogP contribution in [-0.4, -0.2) is 14.8 Å². The van der Waals surface area contributed by atoms with Crippen LogP contribution in [0.2, 0.25) is 0 Å². The van der Waals surface area contributed by atoms with Crippen LogP contribution in [0.25, 0.3) is 11.0 Å². The van der Waals surface area contributed by atoms with E-state index in [9.17, 15) is 4.79 Å². The number of carbonyl (C=O) groups excluding carboxylic acids is 1. The third-order valence-electron chi connectivity index (χ3n) is 1.68. The van der Waals surface area contributed by atoms with Crippen molar-refractivity contribution in [3.8, 4) is 5.75 Å². The Bertz CT molecular complexity index is 531. The molecule has 15 heavy (non-hydrogen) atoms. The molecule has 1 heterocycles. The van der Waals surface area contributed by atoms with Crippen LogP contribution < -0.4 is 4.74 Å². The van der Waals surface area contributed by atoms with Crippen LogP contribution in [-0.2, 0) is 0 Å². The summed E-state index contributed by atoms with van der Waals surface area (Å²) in [4.78, 5) is 18.4. The van der Waals surface area contributed by atoms with Crippen LogP contribution in [0, 0.1) is 0 Å². The fourth-order valence-electron chi connectivity index (χ4n) is 1.12. The topological polar surface area (TPSA) is 52.1 Å². The predicted octanol–water partition coefficient (Wildman–Crippen LogP) is 3.29. The number of ether oxygens (including phenoxy) is 1. The van der Waals surface area contributed by atoms with Gasteiger partial charge in [0.2, 0.25) is 0 Å². The fraction of sp³-hybridized carbons (Fsp3) is 0. The van der Waals surface area contributed by atoms with E-state index < -0.39 is 4.88 Å². The molecule has 0 radical (unpaired) electrons. The average Bonchev–Trinajstić information content (AvgIpc) is 2.17. The van der Waals surface area contributed by atoms with Gasteiger partial charge in [-0.15, -0.1) is 0 Å². The summed E-state index contributed by atoms with van der Waals surface area (Å²) >= 11 is 5.91. The Morgan fingerprint density at radius 1 is 1.33 bits per heavy atom. The van der Waals surface area contributed by atoms with Crippen LogP contribution in [0.4, 0.5) is 4.79 Å². The molecule has 1 aromatic heterocycles. The van der Waals surface area contributed by atoms with Gasteiger partial charge in [-0.2, -0.15) is 0 Å². The van der Waals surface area contributed by atoms with Crippen molar-refractivity contribution in [1.82, 2.24) is 9.97 Å². The molecule has 2 aromatic rings. The number of carbonyl (C=O) groups is 1. The maximum absolute atomic E-state index is 10.7. The number of aromatic nitrogens is 2. The number of hydrogen-bond donors (Lipinski definition) is 0. The zero-order valence-corrected chi connectivity index (χ0v) is 10.4. The van der Waals surface area contributed by atoms with Gasteiger partial charge in [-0.3, -0.25) is 4.98 Å². The molecular weight excluding hydrogens is 328 g/mol. The standard InChI is InChI=1S/C9H4Br2N2O2/c10-8-4-12-7-3-5(15-9(11)14)1-2-6(7)13-8/h1-4H. The highest BCUT2D eigenvalue weighted by atomic mass is 79.9. The monoisotopic (exact) mass is 330 g/mol. The van der Waals surface area contributed by atoms with Gasteiger partial charge in [0.15, 0.2) is 0 Å². The minimum atomic E-state index is -0.535. The molecule has 0 aliphatic carbocycles. The van der Waals surface area contributed by atoms with Crippen molar-refractivity contribution in [3.05, 3.63) is 29.0 Å². The van der Waals surface area contributed by atoms with Crippen molar-refractivity contribution in [2.75, 3.05) is 0 Å². The number of halogens is 2. The van der Waals surface area contributed by atoms with E-state index in [4.69, 9.17) is 4.74 Å². The number of benzene rings is 1. The maximum atomic E-state index is 10.7. The van der Waals surface area contributed by atoms with E-state index in [0.717, 1.165) is 5.52 Å². The molecule has 0 bridgehead atoms. The van der Waals surface area contributed by atoms with E-state index in [1.54, 1.807) is 24.4 Å². The minimum absolute atomic E-state index is 0.431. The van der Waals surface area contributed by atoms with E-state index >= 15 is 0 Å². The number of nitrogens with zero attached hydrogens (tertiary/aromatic N) is 2. The smallest absolute Gasteiger partial charge is 0.379 e. The summed E-state index contributed by atoms with van der Waals surface area (Å²) in [5.74, 6) is 0.431. The van der Waals surface area contributed by atoms with Crippen molar-refractivity contribution < 1.29 is 9.53 Å². The van der Waals surface area contributed by atoms with Crippen LogP contribution in [0.1, 0.15) is 0 Å². The average molecular weight is 332 g/mol. The Labute approximate surface area is 102 Å². The zero-order valence-electron chi connectivity index (χ0n) is 7.28. The molecule has 6 heteroatoms. The van der Waals surface area contributed by atoms with E-state index in [1.807, 2.05) is 0 Å². The molecule has 4 nitrogen and oxygen atoms in total. The second-order valence-corrected chi connectivity index (χ2v) is 4.14. The lowest BCUT2D eigenvalue weighted by Crippen LogP contribution is -1.95. The summed E-state index contributed by atoms with van der Waals surface area (Å²) in [7, 11) is 0. The molecule has 0 N–H and O–H groups in total. The number of fused-ring (bicyclic) bond motifs is 1. The molecule has 0 saturated heterocycles. The van der Waals surface area contributed by atoms with Crippen LogP contribution in [0.15, 0.2) is 29.0 Å². The summed E-state index contributed by atoms with van der Waals surface area (Å²) in [6.07, 6.45) is 1.59. The molecule has 0 amide bonds. The first-order valence-electron chi connectivity index (χ1n) is 3.95. The van der Waals surface area contributed by atoms with E-state index in [-0.39, 0.29) is 0 Å². The molecule has 1 aromatic carbocycles. The predicted molar refractivity (Wildman–Crippen MR) is 62.2 cm³/mol. The summed E-state index contributed by atoms with van der Waals surface area (Å²) in [5, 5.41) is 0. The van der Waals surface area contributed by atoms with Crippen molar-refractivity contribution in [1.29, 1.82) is 0 Å². The van der Waals surface area contributed by atoms with E-state index in [1.165, 1.54) is 0 Å². The summed E-state index contributed by atoms with van der Waals surface area (Å²) in [5.41, 5.74) is 1.41. The normalized spacial score (nSPS) is 10.3.